The van der Waals surface area contributed by atoms with Crippen LogP contribution >= 0.6 is 0 Å². The van der Waals surface area contributed by atoms with E-state index in [0.717, 1.165) is 29.6 Å². The number of amides is 2. The molecule has 2 amide bonds. The summed E-state index contributed by atoms with van der Waals surface area (Å²) in [6.45, 7) is 8.61. The molecule has 0 aromatic carbocycles. The first-order valence-corrected chi connectivity index (χ1v) is 10.8. The molecule has 8 nitrogen and oxygen atoms in total. The van der Waals surface area contributed by atoms with Crippen LogP contribution in [0.4, 0.5) is 0 Å². The number of nitrogens with two attached hydrogens (primary N) is 1. The number of fused-ring (bicyclic) bond motifs is 1. The predicted octanol–water partition coefficient (Wildman–Crippen LogP) is 2.34. The van der Waals surface area contributed by atoms with Crippen molar-refractivity contribution in [2.45, 2.75) is 66.0 Å². The van der Waals surface area contributed by atoms with Crippen LogP contribution in [0.2, 0.25) is 0 Å². The molecule has 0 fully saturated rings. The minimum absolute atomic E-state index is 0.0165. The summed E-state index contributed by atoms with van der Waals surface area (Å²) in [4.78, 5) is 40.8. The normalized spacial score (nSPS) is 18.0. The number of allylic oxidation sites excluding steroid dienone is 1. The Morgan fingerprint density at radius 2 is 2.03 bits per heavy atom. The summed E-state index contributed by atoms with van der Waals surface area (Å²) in [7, 11) is 1.76. The number of carbonyl (C=O) groups excluding carboxylic acids is 2. The minimum atomic E-state index is -0.470. The molecule has 1 aliphatic carbocycles. The lowest BCUT2D eigenvalue weighted by molar-refractivity contribution is -0.128. The zero-order chi connectivity index (χ0) is 22.9. The summed E-state index contributed by atoms with van der Waals surface area (Å²) in [6, 6.07) is 3.99. The quantitative estimate of drug-likeness (QED) is 0.737. The number of hydrogen-bond acceptors (Lipinski definition) is 4. The number of imidazole rings is 1. The number of primary amides is 1. The highest BCUT2D eigenvalue weighted by atomic mass is 16.2. The number of aromatic nitrogens is 3. The molecular weight excluding hydrogens is 394 g/mol. The highest BCUT2D eigenvalue weighted by molar-refractivity contribution is 5.84. The van der Waals surface area contributed by atoms with Gasteiger partial charge in [-0.15, -0.1) is 0 Å². The Kier molecular flexibility index (Phi) is 6.38. The first-order valence-electron chi connectivity index (χ1n) is 10.8. The predicted molar refractivity (Wildman–Crippen MR) is 121 cm³/mol. The number of aryl methyl sites for hydroxylation is 1. The molecule has 168 valence electrons. The molecule has 2 heterocycles. The fourth-order valence-electron chi connectivity index (χ4n) is 3.94. The molecule has 0 saturated heterocycles. The smallest absolute Gasteiger partial charge is 0.330 e. The highest BCUT2D eigenvalue weighted by Gasteiger charge is 2.22. The molecule has 0 radical (unpaired) electrons. The molecule has 2 unspecified atom stereocenters. The molecular formula is C23H33N5O3. The summed E-state index contributed by atoms with van der Waals surface area (Å²) in [5.74, 6) is -1.08. The zero-order valence-corrected chi connectivity index (χ0v) is 19.1. The van der Waals surface area contributed by atoms with Crippen LogP contribution < -0.4 is 16.7 Å². The van der Waals surface area contributed by atoms with Crippen molar-refractivity contribution in [1.82, 2.24) is 19.4 Å². The van der Waals surface area contributed by atoms with Crippen LogP contribution in [0, 0.1) is 11.3 Å². The van der Waals surface area contributed by atoms with Crippen molar-refractivity contribution in [3.05, 3.63) is 34.4 Å². The highest BCUT2D eigenvalue weighted by Crippen LogP contribution is 2.28. The standard InChI is InChI=1S/C23H33N5O3/c1-14(20(24)30)12-19(29)25-16-8-6-15(7-9-16)17-10-11-18-21(26-17)27(5)22(31)28(18)13-23(2,3)4/h6,10-11,14,16H,7-9,12-13H2,1-5H3,(H2,24,30)(H,25,29). The molecule has 3 rings (SSSR count). The lowest BCUT2D eigenvalue weighted by Crippen LogP contribution is -2.37. The molecule has 2 aromatic rings. The van der Waals surface area contributed by atoms with Crippen LogP contribution in [0.3, 0.4) is 0 Å². The summed E-state index contributed by atoms with van der Waals surface area (Å²) >= 11 is 0. The van der Waals surface area contributed by atoms with Gasteiger partial charge in [-0.2, -0.15) is 0 Å². The number of nitrogens with zero attached hydrogens (tertiary/aromatic N) is 3. The van der Waals surface area contributed by atoms with Gasteiger partial charge in [0.2, 0.25) is 11.8 Å². The van der Waals surface area contributed by atoms with Crippen molar-refractivity contribution >= 4 is 28.6 Å². The molecule has 2 atom stereocenters. The third-order valence-corrected chi connectivity index (χ3v) is 5.70. The second-order valence-electron chi connectivity index (χ2n) is 9.80. The number of hydrogen-bond donors (Lipinski definition) is 2. The lowest BCUT2D eigenvalue weighted by Gasteiger charge is -2.23. The van der Waals surface area contributed by atoms with Gasteiger partial charge in [-0.05, 0) is 42.4 Å². The van der Waals surface area contributed by atoms with E-state index in [-0.39, 0.29) is 29.5 Å². The van der Waals surface area contributed by atoms with Gasteiger partial charge >= 0.3 is 5.69 Å². The average molecular weight is 428 g/mol. The monoisotopic (exact) mass is 427 g/mol. The van der Waals surface area contributed by atoms with Gasteiger partial charge in [0.15, 0.2) is 5.65 Å². The molecule has 8 heteroatoms. The Morgan fingerprint density at radius 3 is 2.61 bits per heavy atom. The Bertz CT molecular complexity index is 1090. The first-order chi connectivity index (χ1) is 14.5. The van der Waals surface area contributed by atoms with Crippen LogP contribution in [0.5, 0.6) is 0 Å². The van der Waals surface area contributed by atoms with E-state index in [2.05, 4.69) is 32.2 Å². The van der Waals surface area contributed by atoms with Gasteiger partial charge in [-0.1, -0.05) is 33.8 Å². The van der Waals surface area contributed by atoms with Crippen molar-refractivity contribution < 1.29 is 9.59 Å². The maximum atomic E-state index is 12.7. The SMILES string of the molecule is CC(CC(=O)NC1CC=C(c2ccc3c(n2)n(C)c(=O)n3CC(C)(C)C)CC1)C(N)=O. The van der Waals surface area contributed by atoms with Gasteiger partial charge in [0, 0.05) is 32.0 Å². The molecule has 0 bridgehead atoms. The van der Waals surface area contributed by atoms with Gasteiger partial charge < -0.3 is 11.1 Å². The van der Waals surface area contributed by atoms with E-state index >= 15 is 0 Å². The molecule has 31 heavy (non-hydrogen) atoms. The van der Waals surface area contributed by atoms with Gasteiger partial charge in [-0.25, -0.2) is 9.78 Å². The largest absolute Gasteiger partial charge is 0.369 e. The molecule has 0 aliphatic heterocycles. The van der Waals surface area contributed by atoms with Crippen LogP contribution in [0.1, 0.15) is 59.1 Å². The van der Waals surface area contributed by atoms with Crippen molar-refractivity contribution in [1.29, 1.82) is 0 Å². The Hall–Kier alpha value is -2.90. The van der Waals surface area contributed by atoms with Crippen LogP contribution in [-0.4, -0.2) is 32.0 Å². The van der Waals surface area contributed by atoms with Gasteiger partial charge in [0.05, 0.1) is 11.2 Å². The van der Waals surface area contributed by atoms with Crippen molar-refractivity contribution in [3.8, 4) is 0 Å². The second kappa shape index (κ2) is 8.69. The number of carbonyl (C=O) groups is 2. The van der Waals surface area contributed by atoms with Crippen molar-refractivity contribution in [2.24, 2.45) is 24.1 Å². The third-order valence-electron chi connectivity index (χ3n) is 5.70. The van der Waals surface area contributed by atoms with E-state index in [9.17, 15) is 14.4 Å². The van der Waals surface area contributed by atoms with E-state index in [4.69, 9.17) is 10.7 Å². The number of pyridine rings is 1. The molecule has 0 saturated carbocycles. The fourth-order valence-corrected chi connectivity index (χ4v) is 3.94. The average Bonchev–Trinajstić information content (AvgIpc) is 2.91. The molecule has 0 spiro atoms. The summed E-state index contributed by atoms with van der Waals surface area (Å²) in [5.41, 5.74) is 8.67. The maximum Gasteiger partial charge on any atom is 0.330 e. The number of rotatable bonds is 6. The third kappa shape index (κ3) is 5.24. The Labute approximate surface area is 182 Å². The zero-order valence-electron chi connectivity index (χ0n) is 19.1. The van der Waals surface area contributed by atoms with E-state index in [1.54, 1.807) is 23.1 Å². The molecule has 1 aliphatic rings. The van der Waals surface area contributed by atoms with Crippen LogP contribution in [-0.2, 0) is 23.2 Å². The van der Waals surface area contributed by atoms with E-state index < -0.39 is 11.8 Å². The molecule has 2 aromatic heterocycles. The first kappa shape index (κ1) is 22.8. The van der Waals surface area contributed by atoms with Crippen molar-refractivity contribution in [3.63, 3.8) is 0 Å². The van der Waals surface area contributed by atoms with Crippen LogP contribution in [0.25, 0.3) is 16.7 Å². The summed E-state index contributed by atoms with van der Waals surface area (Å²) in [6.07, 6.45) is 4.50. The number of nitrogens with one attached hydrogen (secondary N) is 1. The lowest BCUT2D eigenvalue weighted by atomic mass is 9.92. The van der Waals surface area contributed by atoms with Crippen molar-refractivity contribution in [2.75, 3.05) is 0 Å². The fraction of sp³-hybridized carbons (Fsp3) is 0.565. The Morgan fingerprint density at radius 1 is 1.32 bits per heavy atom. The topological polar surface area (TPSA) is 112 Å². The minimum Gasteiger partial charge on any atom is -0.369 e. The molecule has 3 N–H and O–H groups in total. The van der Waals surface area contributed by atoms with Crippen LogP contribution in [0.15, 0.2) is 23.0 Å². The second-order valence-corrected chi connectivity index (χ2v) is 9.80. The van der Waals surface area contributed by atoms with Gasteiger partial charge in [0.1, 0.15) is 0 Å². The van der Waals surface area contributed by atoms with E-state index in [0.29, 0.717) is 18.6 Å². The summed E-state index contributed by atoms with van der Waals surface area (Å²) < 4.78 is 3.40. The maximum absolute atomic E-state index is 12.7. The summed E-state index contributed by atoms with van der Waals surface area (Å²) in [5, 5.41) is 2.99. The van der Waals surface area contributed by atoms with E-state index in [1.807, 2.05) is 12.1 Å². The Balaban J connectivity index is 1.75. The van der Waals surface area contributed by atoms with Gasteiger partial charge in [-0.3, -0.25) is 18.7 Å². The van der Waals surface area contributed by atoms with Gasteiger partial charge in [0.25, 0.3) is 0 Å². The van der Waals surface area contributed by atoms with E-state index in [1.165, 1.54) is 0 Å².